The first kappa shape index (κ1) is 21.9. The second-order valence-electron chi connectivity index (χ2n) is 6.82. The topological polar surface area (TPSA) is 109 Å². The molecule has 2 heterocycles. The fourth-order valence-corrected chi connectivity index (χ4v) is 2.69. The summed E-state index contributed by atoms with van der Waals surface area (Å²) in [6, 6.07) is 14.4. The molecule has 0 saturated heterocycles. The van der Waals surface area contributed by atoms with Crippen LogP contribution in [0.3, 0.4) is 0 Å². The van der Waals surface area contributed by atoms with Crippen molar-refractivity contribution in [2.45, 2.75) is 25.3 Å². The molecule has 0 aliphatic heterocycles. The minimum absolute atomic E-state index is 0.172. The summed E-state index contributed by atoms with van der Waals surface area (Å²) in [5, 5.41) is 26.2. The number of rotatable bonds is 14. The van der Waals surface area contributed by atoms with Crippen LogP contribution in [0.25, 0.3) is 0 Å². The van der Waals surface area contributed by atoms with Crippen LogP contribution in [0.5, 0.6) is 11.5 Å². The molecule has 0 bridgehead atoms. The van der Waals surface area contributed by atoms with Crippen molar-refractivity contribution in [3.8, 4) is 11.5 Å². The number of furan rings is 2. The maximum Gasteiger partial charge on any atom is 0.119 e. The highest BCUT2D eigenvalue weighted by molar-refractivity contribution is 5.31. The van der Waals surface area contributed by atoms with Crippen molar-refractivity contribution in [1.82, 2.24) is 10.6 Å². The molecule has 30 heavy (non-hydrogen) atoms. The fraction of sp³-hybridized carbons (Fsp3) is 0.364. The summed E-state index contributed by atoms with van der Waals surface area (Å²) in [5.74, 6) is 2.90. The molecule has 0 amide bonds. The van der Waals surface area contributed by atoms with Gasteiger partial charge in [-0.1, -0.05) is 0 Å². The molecule has 0 aliphatic rings. The molecule has 1 aromatic carbocycles. The third-order valence-electron chi connectivity index (χ3n) is 4.23. The van der Waals surface area contributed by atoms with E-state index in [-0.39, 0.29) is 13.2 Å². The van der Waals surface area contributed by atoms with Gasteiger partial charge in [0.05, 0.1) is 25.6 Å². The maximum atomic E-state index is 9.99. The molecule has 0 fully saturated rings. The highest BCUT2D eigenvalue weighted by atomic mass is 16.5. The van der Waals surface area contributed by atoms with Crippen LogP contribution in [0, 0.1) is 0 Å². The zero-order valence-electron chi connectivity index (χ0n) is 16.7. The molecule has 0 saturated carbocycles. The van der Waals surface area contributed by atoms with Crippen LogP contribution in [-0.4, -0.2) is 48.7 Å². The molecule has 2 atom stereocenters. The number of ether oxygens (including phenoxy) is 2. The van der Waals surface area contributed by atoms with Crippen LogP contribution < -0.4 is 20.1 Å². The molecular weight excluding hydrogens is 388 g/mol. The second-order valence-corrected chi connectivity index (χ2v) is 6.82. The Morgan fingerprint density at radius 3 is 1.50 bits per heavy atom. The van der Waals surface area contributed by atoms with Crippen molar-refractivity contribution in [1.29, 1.82) is 0 Å². The van der Waals surface area contributed by atoms with Gasteiger partial charge < -0.3 is 39.2 Å². The van der Waals surface area contributed by atoms with E-state index in [1.165, 1.54) is 0 Å². The second kappa shape index (κ2) is 12.0. The molecule has 2 aromatic heterocycles. The van der Waals surface area contributed by atoms with Crippen molar-refractivity contribution in [2.24, 2.45) is 0 Å². The van der Waals surface area contributed by atoms with E-state index >= 15 is 0 Å². The van der Waals surface area contributed by atoms with E-state index in [4.69, 9.17) is 18.3 Å². The lowest BCUT2D eigenvalue weighted by Gasteiger charge is -2.14. The third-order valence-corrected chi connectivity index (χ3v) is 4.23. The van der Waals surface area contributed by atoms with Crippen molar-refractivity contribution in [3.05, 3.63) is 72.6 Å². The summed E-state index contributed by atoms with van der Waals surface area (Å²) >= 11 is 0. The summed E-state index contributed by atoms with van der Waals surface area (Å²) in [5.41, 5.74) is 0. The first-order valence-corrected chi connectivity index (χ1v) is 9.87. The Balaban J connectivity index is 1.27. The molecule has 8 nitrogen and oxygen atoms in total. The van der Waals surface area contributed by atoms with Crippen LogP contribution in [0.2, 0.25) is 0 Å². The van der Waals surface area contributed by atoms with Crippen LogP contribution in [-0.2, 0) is 13.1 Å². The Bertz CT molecular complexity index is 736. The molecule has 8 heteroatoms. The monoisotopic (exact) mass is 416 g/mol. The molecule has 2 unspecified atom stereocenters. The number of nitrogens with one attached hydrogen (secondary N) is 2. The van der Waals surface area contributed by atoms with Crippen LogP contribution in [0.4, 0.5) is 0 Å². The molecule has 0 radical (unpaired) electrons. The summed E-state index contributed by atoms with van der Waals surface area (Å²) in [7, 11) is 0. The van der Waals surface area contributed by atoms with Gasteiger partial charge in [0.1, 0.15) is 48.4 Å². The Morgan fingerprint density at radius 2 is 1.13 bits per heavy atom. The third kappa shape index (κ3) is 7.92. The van der Waals surface area contributed by atoms with Gasteiger partial charge >= 0.3 is 0 Å². The average molecular weight is 416 g/mol. The summed E-state index contributed by atoms with van der Waals surface area (Å²) in [6.45, 7) is 2.25. The predicted octanol–water partition coefficient (Wildman–Crippen LogP) is 1.93. The summed E-state index contributed by atoms with van der Waals surface area (Å²) in [6.07, 6.45) is 1.95. The smallest absolute Gasteiger partial charge is 0.119 e. The van der Waals surface area contributed by atoms with Crippen molar-refractivity contribution < 1.29 is 28.5 Å². The van der Waals surface area contributed by atoms with E-state index in [1.54, 1.807) is 36.8 Å². The van der Waals surface area contributed by atoms with E-state index in [1.807, 2.05) is 24.3 Å². The molecule has 3 aromatic rings. The van der Waals surface area contributed by atoms with E-state index in [2.05, 4.69) is 10.6 Å². The molecule has 0 spiro atoms. The van der Waals surface area contributed by atoms with Gasteiger partial charge in [-0.3, -0.25) is 0 Å². The van der Waals surface area contributed by atoms with Gasteiger partial charge in [0.2, 0.25) is 0 Å². The van der Waals surface area contributed by atoms with Gasteiger partial charge in [-0.25, -0.2) is 0 Å². The minimum atomic E-state index is -0.639. The quantitative estimate of drug-likeness (QED) is 0.316. The highest BCUT2D eigenvalue weighted by Crippen LogP contribution is 2.18. The average Bonchev–Trinajstić information content (AvgIpc) is 3.46. The van der Waals surface area contributed by atoms with Gasteiger partial charge in [-0.05, 0) is 48.5 Å². The molecule has 3 rings (SSSR count). The largest absolute Gasteiger partial charge is 0.491 e. The van der Waals surface area contributed by atoms with Crippen LogP contribution in [0.15, 0.2) is 69.9 Å². The molecule has 0 aliphatic carbocycles. The number of benzene rings is 1. The van der Waals surface area contributed by atoms with Gasteiger partial charge in [0, 0.05) is 13.1 Å². The SMILES string of the molecule is OC(CNCc1ccco1)COc1ccc(OCC(O)CNCc2ccco2)cc1. The lowest BCUT2D eigenvalue weighted by atomic mass is 10.3. The Morgan fingerprint density at radius 1 is 0.700 bits per heavy atom. The summed E-state index contributed by atoms with van der Waals surface area (Å²) in [4.78, 5) is 0. The molecule has 4 N–H and O–H groups in total. The molecule has 162 valence electrons. The van der Waals surface area contributed by atoms with Crippen molar-refractivity contribution in [2.75, 3.05) is 26.3 Å². The zero-order valence-corrected chi connectivity index (χ0v) is 16.7. The Kier molecular flexibility index (Phi) is 8.80. The predicted molar refractivity (Wildman–Crippen MR) is 110 cm³/mol. The van der Waals surface area contributed by atoms with Crippen LogP contribution >= 0.6 is 0 Å². The highest BCUT2D eigenvalue weighted by Gasteiger charge is 2.08. The minimum Gasteiger partial charge on any atom is -0.491 e. The van der Waals surface area contributed by atoms with Gasteiger partial charge in [0.15, 0.2) is 0 Å². The van der Waals surface area contributed by atoms with Gasteiger partial charge in [-0.15, -0.1) is 0 Å². The normalized spacial score (nSPS) is 13.1. The van der Waals surface area contributed by atoms with Crippen LogP contribution in [0.1, 0.15) is 11.5 Å². The van der Waals surface area contributed by atoms with Crippen molar-refractivity contribution in [3.63, 3.8) is 0 Å². The standard InChI is InChI=1S/C22H28N2O6/c25-17(11-23-13-21-3-1-9-27-21)15-29-19-5-7-20(8-6-19)30-16-18(26)12-24-14-22-4-2-10-28-22/h1-10,17-18,23-26H,11-16H2. The van der Waals surface area contributed by atoms with E-state index < -0.39 is 12.2 Å². The lowest BCUT2D eigenvalue weighted by Crippen LogP contribution is -2.31. The lowest BCUT2D eigenvalue weighted by molar-refractivity contribution is 0.104. The Hall–Kier alpha value is -2.78. The van der Waals surface area contributed by atoms with Crippen molar-refractivity contribution >= 4 is 0 Å². The fourth-order valence-electron chi connectivity index (χ4n) is 2.69. The maximum absolute atomic E-state index is 9.99. The number of hydrogen-bond donors (Lipinski definition) is 4. The van der Waals surface area contributed by atoms with E-state index in [0.29, 0.717) is 37.7 Å². The number of hydrogen-bond acceptors (Lipinski definition) is 8. The Labute approximate surface area is 175 Å². The van der Waals surface area contributed by atoms with E-state index in [9.17, 15) is 10.2 Å². The number of aliphatic hydroxyl groups is 2. The van der Waals surface area contributed by atoms with E-state index in [0.717, 1.165) is 11.5 Å². The number of aliphatic hydroxyl groups excluding tert-OH is 2. The first-order valence-electron chi connectivity index (χ1n) is 9.87. The molecular formula is C22H28N2O6. The summed E-state index contributed by atoms with van der Waals surface area (Å²) < 4.78 is 21.6. The zero-order chi connectivity index (χ0) is 21.0. The van der Waals surface area contributed by atoms with Gasteiger partial charge in [0.25, 0.3) is 0 Å². The van der Waals surface area contributed by atoms with Gasteiger partial charge in [-0.2, -0.15) is 0 Å². The first-order chi connectivity index (χ1) is 14.7.